The molecule has 0 aliphatic rings. The summed E-state index contributed by atoms with van der Waals surface area (Å²) < 4.78 is 1.19. The largest absolute Gasteiger partial charge is 0.144 e. The highest BCUT2D eigenvalue weighted by Crippen LogP contribution is 2.38. The molecule has 0 saturated carbocycles. The molecule has 2 heterocycles. The lowest BCUT2D eigenvalue weighted by Gasteiger charge is -2.03. The second kappa shape index (κ2) is 5.13. The maximum Gasteiger partial charge on any atom is 0.0746 e. The van der Waals surface area contributed by atoms with E-state index in [9.17, 15) is 0 Å². The summed E-state index contributed by atoms with van der Waals surface area (Å²) in [5.74, 6) is 0. The monoisotopic (exact) mass is 364 g/mol. The van der Waals surface area contributed by atoms with E-state index < -0.39 is 0 Å². The standard InChI is InChI=1S/C11H10Br2S2/c1-2-8-3-4-9(15-8)11(13)7-5-10(12)14-6-7/h3-6,11H,2H2,1H3. The summed E-state index contributed by atoms with van der Waals surface area (Å²) in [5.41, 5.74) is 1.33. The molecule has 0 saturated heterocycles. The van der Waals surface area contributed by atoms with Gasteiger partial charge in [-0.1, -0.05) is 22.9 Å². The molecule has 2 aromatic heterocycles. The molecule has 2 aromatic rings. The van der Waals surface area contributed by atoms with Crippen LogP contribution in [0.1, 0.15) is 27.1 Å². The zero-order valence-corrected chi connectivity index (χ0v) is 13.0. The molecule has 15 heavy (non-hydrogen) atoms. The third-order valence-electron chi connectivity index (χ3n) is 2.16. The number of hydrogen-bond donors (Lipinski definition) is 0. The summed E-state index contributed by atoms with van der Waals surface area (Å²) in [6.07, 6.45) is 1.12. The molecule has 0 bridgehead atoms. The van der Waals surface area contributed by atoms with Crippen molar-refractivity contribution in [1.29, 1.82) is 0 Å². The van der Waals surface area contributed by atoms with E-state index in [1.165, 1.54) is 19.1 Å². The fourth-order valence-corrected chi connectivity index (χ4v) is 4.37. The molecule has 0 aliphatic carbocycles. The van der Waals surface area contributed by atoms with Crippen LogP contribution in [-0.4, -0.2) is 0 Å². The molecular formula is C11H10Br2S2. The average molecular weight is 366 g/mol. The minimum atomic E-state index is 0.338. The highest BCUT2D eigenvalue weighted by molar-refractivity contribution is 9.11. The number of thiophene rings is 2. The van der Waals surface area contributed by atoms with Gasteiger partial charge in [-0.05, 0) is 51.5 Å². The molecular weight excluding hydrogens is 356 g/mol. The van der Waals surface area contributed by atoms with Crippen molar-refractivity contribution in [1.82, 2.24) is 0 Å². The van der Waals surface area contributed by atoms with Gasteiger partial charge in [0.25, 0.3) is 0 Å². The first-order valence-corrected chi connectivity index (χ1v) is 8.07. The van der Waals surface area contributed by atoms with Crippen LogP contribution in [0.5, 0.6) is 0 Å². The van der Waals surface area contributed by atoms with Gasteiger partial charge in [0, 0.05) is 9.75 Å². The Labute approximate surface area is 115 Å². The topological polar surface area (TPSA) is 0 Å². The van der Waals surface area contributed by atoms with Crippen molar-refractivity contribution < 1.29 is 0 Å². The zero-order valence-electron chi connectivity index (χ0n) is 8.17. The number of hydrogen-bond acceptors (Lipinski definition) is 2. The maximum atomic E-state index is 3.75. The lowest BCUT2D eigenvalue weighted by Crippen LogP contribution is -1.84. The summed E-state index contributed by atoms with van der Waals surface area (Å²) in [6.45, 7) is 2.19. The van der Waals surface area contributed by atoms with Gasteiger partial charge in [0.05, 0.1) is 8.61 Å². The fraction of sp³-hybridized carbons (Fsp3) is 0.273. The number of halogens is 2. The van der Waals surface area contributed by atoms with E-state index in [1.807, 2.05) is 11.3 Å². The molecule has 2 rings (SSSR count). The second-order valence-corrected chi connectivity index (χ2v) is 7.61. The summed E-state index contributed by atoms with van der Waals surface area (Å²) >= 11 is 10.9. The smallest absolute Gasteiger partial charge is 0.0746 e. The van der Waals surface area contributed by atoms with Crippen molar-refractivity contribution in [3.63, 3.8) is 0 Å². The first-order valence-electron chi connectivity index (χ1n) is 4.67. The van der Waals surface area contributed by atoms with E-state index in [1.54, 1.807) is 11.3 Å². The molecule has 0 nitrogen and oxygen atoms in total. The molecule has 0 amide bonds. The van der Waals surface area contributed by atoms with Crippen molar-refractivity contribution in [2.24, 2.45) is 0 Å². The van der Waals surface area contributed by atoms with Gasteiger partial charge >= 0.3 is 0 Å². The van der Waals surface area contributed by atoms with Gasteiger partial charge in [0.15, 0.2) is 0 Å². The molecule has 0 spiro atoms. The second-order valence-electron chi connectivity index (χ2n) is 3.20. The Hall–Kier alpha value is 0.360. The lowest BCUT2D eigenvalue weighted by molar-refractivity contribution is 1.19. The molecule has 1 unspecified atom stereocenters. The van der Waals surface area contributed by atoms with Crippen molar-refractivity contribution in [2.75, 3.05) is 0 Å². The molecule has 0 fully saturated rings. The Kier molecular flexibility index (Phi) is 4.04. The van der Waals surface area contributed by atoms with E-state index in [4.69, 9.17) is 0 Å². The first-order chi connectivity index (χ1) is 7.20. The molecule has 0 aliphatic heterocycles. The molecule has 0 radical (unpaired) electrons. The first kappa shape index (κ1) is 11.8. The van der Waals surface area contributed by atoms with E-state index in [2.05, 4.69) is 62.4 Å². The highest BCUT2D eigenvalue weighted by atomic mass is 79.9. The third-order valence-corrected chi connectivity index (χ3v) is 6.30. The minimum absolute atomic E-state index is 0.338. The van der Waals surface area contributed by atoms with Gasteiger partial charge in [0.1, 0.15) is 0 Å². The van der Waals surface area contributed by atoms with Crippen LogP contribution in [0.2, 0.25) is 0 Å². The predicted molar refractivity (Wildman–Crippen MR) is 76.5 cm³/mol. The summed E-state index contributed by atoms with van der Waals surface area (Å²) in [6, 6.07) is 6.61. The van der Waals surface area contributed by atoms with Crippen LogP contribution in [-0.2, 0) is 6.42 Å². The summed E-state index contributed by atoms with van der Waals surface area (Å²) in [4.78, 5) is 3.17. The Morgan fingerprint density at radius 3 is 2.73 bits per heavy atom. The Bertz CT molecular complexity index is 445. The third kappa shape index (κ3) is 2.73. The van der Waals surface area contributed by atoms with E-state index >= 15 is 0 Å². The van der Waals surface area contributed by atoms with Crippen LogP contribution >= 0.6 is 54.5 Å². The Balaban J connectivity index is 2.23. The highest BCUT2D eigenvalue weighted by Gasteiger charge is 2.13. The molecule has 0 aromatic carbocycles. The van der Waals surface area contributed by atoms with E-state index in [0.29, 0.717) is 4.83 Å². The quantitative estimate of drug-likeness (QED) is 0.619. The van der Waals surface area contributed by atoms with Crippen LogP contribution in [0.15, 0.2) is 27.4 Å². The number of rotatable bonds is 3. The molecule has 1 atom stereocenters. The van der Waals surface area contributed by atoms with Crippen molar-refractivity contribution >= 4 is 54.5 Å². The number of alkyl halides is 1. The van der Waals surface area contributed by atoms with Crippen LogP contribution in [0, 0.1) is 0 Å². The van der Waals surface area contributed by atoms with Gasteiger partial charge in [0.2, 0.25) is 0 Å². The minimum Gasteiger partial charge on any atom is -0.144 e. The van der Waals surface area contributed by atoms with Crippen LogP contribution in [0.4, 0.5) is 0 Å². The average Bonchev–Trinajstić information content (AvgIpc) is 2.84. The Morgan fingerprint density at radius 2 is 2.20 bits per heavy atom. The van der Waals surface area contributed by atoms with Crippen LogP contribution in [0.3, 0.4) is 0 Å². The van der Waals surface area contributed by atoms with Crippen molar-refractivity contribution in [3.8, 4) is 0 Å². The van der Waals surface area contributed by atoms with Gasteiger partial charge in [-0.15, -0.1) is 22.7 Å². The summed E-state index contributed by atoms with van der Waals surface area (Å²) in [7, 11) is 0. The predicted octanol–water partition coefficient (Wildman–Crippen LogP) is 5.62. The fourth-order valence-electron chi connectivity index (χ4n) is 1.34. The lowest BCUT2D eigenvalue weighted by atomic mass is 10.2. The van der Waals surface area contributed by atoms with Gasteiger partial charge < -0.3 is 0 Å². The molecule has 80 valence electrons. The molecule has 4 heteroatoms. The van der Waals surface area contributed by atoms with Gasteiger partial charge in [-0.3, -0.25) is 0 Å². The Morgan fingerprint density at radius 1 is 1.40 bits per heavy atom. The number of aryl methyl sites for hydroxylation is 1. The SMILES string of the molecule is CCc1ccc(C(Br)c2csc(Br)c2)s1. The van der Waals surface area contributed by atoms with Crippen LogP contribution in [0.25, 0.3) is 0 Å². The van der Waals surface area contributed by atoms with Gasteiger partial charge in [-0.2, -0.15) is 0 Å². The maximum absolute atomic E-state index is 3.75. The van der Waals surface area contributed by atoms with Gasteiger partial charge in [-0.25, -0.2) is 0 Å². The van der Waals surface area contributed by atoms with E-state index in [-0.39, 0.29) is 0 Å². The molecule has 0 N–H and O–H groups in total. The van der Waals surface area contributed by atoms with Crippen molar-refractivity contribution in [3.05, 3.63) is 42.7 Å². The van der Waals surface area contributed by atoms with E-state index in [0.717, 1.165) is 6.42 Å². The normalized spacial score (nSPS) is 13.0. The van der Waals surface area contributed by atoms with Crippen LogP contribution < -0.4 is 0 Å². The summed E-state index contributed by atoms with van der Waals surface area (Å²) in [5, 5.41) is 2.19. The van der Waals surface area contributed by atoms with Crippen molar-refractivity contribution in [2.45, 2.75) is 18.2 Å². The zero-order chi connectivity index (χ0) is 10.8.